The van der Waals surface area contributed by atoms with E-state index in [-0.39, 0.29) is 0 Å². The van der Waals surface area contributed by atoms with Crippen molar-refractivity contribution in [2.24, 2.45) is 0 Å². The Labute approximate surface area is 78.0 Å². The molecule has 0 bridgehead atoms. The van der Waals surface area contributed by atoms with E-state index in [1.54, 1.807) is 13.8 Å². The van der Waals surface area contributed by atoms with E-state index in [0.717, 1.165) is 25.7 Å². The molecule has 1 spiro atoms. The molecular weight excluding hydrogens is 172 g/mol. The van der Waals surface area contributed by atoms with E-state index in [0.29, 0.717) is 0 Å². The van der Waals surface area contributed by atoms with Crippen LogP contribution in [0, 0.1) is 0 Å². The molecule has 0 amide bonds. The monoisotopic (exact) mass is 188 g/mol. The van der Waals surface area contributed by atoms with Gasteiger partial charge in [0.05, 0.1) is 0 Å². The van der Waals surface area contributed by atoms with Crippen molar-refractivity contribution in [2.45, 2.75) is 57.5 Å². The van der Waals surface area contributed by atoms with E-state index >= 15 is 0 Å². The smallest absolute Gasteiger partial charge is 0.195 e. The molecule has 2 rings (SSSR count). The van der Waals surface area contributed by atoms with Gasteiger partial charge < -0.3 is 0 Å². The van der Waals surface area contributed by atoms with Gasteiger partial charge in [0.2, 0.25) is 11.6 Å². The normalized spacial score (nSPS) is 31.8. The van der Waals surface area contributed by atoms with Crippen molar-refractivity contribution in [3.63, 3.8) is 0 Å². The standard InChI is InChI=1S/C9H16O4/c1-8(2)10-12-9(13-11-8)6-4-3-5-7-9/h3-7H2,1-2H3. The zero-order valence-corrected chi connectivity index (χ0v) is 8.17. The molecule has 1 aliphatic heterocycles. The average molecular weight is 188 g/mol. The Kier molecular flexibility index (Phi) is 2.32. The maximum atomic E-state index is 5.27. The lowest BCUT2D eigenvalue weighted by atomic mass is 9.94. The topological polar surface area (TPSA) is 36.9 Å². The minimum absolute atomic E-state index is 0.631. The van der Waals surface area contributed by atoms with Gasteiger partial charge in [-0.15, -0.1) is 0 Å². The van der Waals surface area contributed by atoms with Crippen LogP contribution in [0.2, 0.25) is 0 Å². The van der Waals surface area contributed by atoms with Gasteiger partial charge in [-0.3, -0.25) is 0 Å². The first-order valence-corrected chi connectivity index (χ1v) is 4.86. The van der Waals surface area contributed by atoms with Crippen LogP contribution in [0.1, 0.15) is 46.0 Å². The summed E-state index contributed by atoms with van der Waals surface area (Å²) in [5.74, 6) is -1.42. The highest BCUT2D eigenvalue weighted by Gasteiger charge is 2.45. The van der Waals surface area contributed by atoms with Crippen LogP contribution in [0.25, 0.3) is 0 Å². The largest absolute Gasteiger partial charge is 0.234 e. The molecule has 0 aromatic heterocycles. The summed E-state index contributed by atoms with van der Waals surface area (Å²) in [4.78, 5) is 20.8. The first-order valence-electron chi connectivity index (χ1n) is 4.86. The Hall–Kier alpha value is -0.160. The Morgan fingerprint density at radius 1 is 0.769 bits per heavy atom. The summed E-state index contributed by atoms with van der Waals surface area (Å²) in [5.41, 5.74) is 0. The Morgan fingerprint density at radius 2 is 1.31 bits per heavy atom. The van der Waals surface area contributed by atoms with Crippen LogP contribution < -0.4 is 0 Å². The minimum atomic E-state index is -0.789. The SMILES string of the molecule is CC1(C)OOC2(CCCCC2)OO1. The van der Waals surface area contributed by atoms with Gasteiger partial charge in [0.25, 0.3) is 0 Å². The van der Waals surface area contributed by atoms with Crippen molar-refractivity contribution in [1.82, 2.24) is 0 Å². The fourth-order valence-electron chi connectivity index (χ4n) is 1.64. The van der Waals surface area contributed by atoms with Crippen LogP contribution >= 0.6 is 0 Å². The maximum absolute atomic E-state index is 5.27. The molecule has 1 saturated carbocycles. The summed E-state index contributed by atoms with van der Waals surface area (Å²) in [7, 11) is 0. The highest BCUT2D eigenvalue weighted by molar-refractivity contribution is 4.74. The van der Waals surface area contributed by atoms with Crippen LogP contribution in [-0.4, -0.2) is 11.6 Å². The van der Waals surface area contributed by atoms with Crippen LogP contribution in [-0.2, 0) is 19.6 Å². The van der Waals surface area contributed by atoms with Gasteiger partial charge in [0, 0.05) is 12.8 Å². The molecule has 2 aliphatic rings. The lowest BCUT2D eigenvalue weighted by Crippen LogP contribution is -2.48. The third kappa shape index (κ3) is 2.02. The highest BCUT2D eigenvalue weighted by atomic mass is 17.4. The highest BCUT2D eigenvalue weighted by Crippen LogP contribution is 2.38. The van der Waals surface area contributed by atoms with Crippen molar-refractivity contribution < 1.29 is 19.6 Å². The number of hydrogen-bond acceptors (Lipinski definition) is 4. The fraction of sp³-hybridized carbons (Fsp3) is 1.00. The molecule has 1 heterocycles. The molecule has 1 aliphatic carbocycles. The fourth-order valence-corrected chi connectivity index (χ4v) is 1.64. The molecule has 0 N–H and O–H groups in total. The van der Waals surface area contributed by atoms with Gasteiger partial charge in [0.15, 0.2) is 0 Å². The number of hydrogen-bond donors (Lipinski definition) is 0. The predicted octanol–water partition coefficient (Wildman–Crippen LogP) is 2.29. The summed E-state index contributed by atoms with van der Waals surface area (Å²) >= 11 is 0. The van der Waals surface area contributed by atoms with Crippen LogP contribution in [0.5, 0.6) is 0 Å². The lowest BCUT2D eigenvalue weighted by molar-refractivity contribution is -0.653. The number of rotatable bonds is 0. The second-order valence-corrected chi connectivity index (χ2v) is 4.20. The Bertz CT molecular complexity index is 172. The lowest BCUT2D eigenvalue weighted by Gasteiger charge is -2.41. The van der Waals surface area contributed by atoms with Gasteiger partial charge >= 0.3 is 0 Å². The van der Waals surface area contributed by atoms with Crippen molar-refractivity contribution in [2.75, 3.05) is 0 Å². The molecule has 0 unspecified atom stereocenters. The van der Waals surface area contributed by atoms with E-state index < -0.39 is 11.6 Å². The van der Waals surface area contributed by atoms with E-state index in [9.17, 15) is 0 Å². The van der Waals surface area contributed by atoms with E-state index in [4.69, 9.17) is 19.6 Å². The Morgan fingerprint density at radius 3 is 1.85 bits per heavy atom. The first-order chi connectivity index (χ1) is 6.12. The van der Waals surface area contributed by atoms with Crippen molar-refractivity contribution >= 4 is 0 Å². The van der Waals surface area contributed by atoms with Crippen LogP contribution in [0.3, 0.4) is 0 Å². The first kappa shape index (κ1) is 9.40. The van der Waals surface area contributed by atoms with Crippen LogP contribution in [0.4, 0.5) is 0 Å². The molecule has 0 radical (unpaired) electrons. The second kappa shape index (κ2) is 3.20. The molecule has 76 valence electrons. The van der Waals surface area contributed by atoms with Gasteiger partial charge in [0.1, 0.15) is 0 Å². The summed E-state index contributed by atoms with van der Waals surface area (Å²) in [6, 6.07) is 0. The molecule has 13 heavy (non-hydrogen) atoms. The molecule has 0 aromatic rings. The van der Waals surface area contributed by atoms with E-state index in [2.05, 4.69) is 0 Å². The quantitative estimate of drug-likeness (QED) is 0.546. The average Bonchev–Trinajstić information content (AvgIpc) is 2.13. The van der Waals surface area contributed by atoms with Gasteiger partial charge in [-0.05, 0) is 26.7 Å². The van der Waals surface area contributed by atoms with Crippen molar-refractivity contribution in [3.8, 4) is 0 Å². The molecule has 4 heteroatoms. The van der Waals surface area contributed by atoms with Crippen molar-refractivity contribution in [1.29, 1.82) is 0 Å². The van der Waals surface area contributed by atoms with Gasteiger partial charge in [-0.25, -0.2) is 0 Å². The van der Waals surface area contributed by atoms with Crippen LogP contribution in [0.15, 0.2) is 0 Å². The van der Waals surface area contributed by atoms with Crippen molar-refractivity contribution in [3.05, 3.63) is 0 Å². The molecular formula is C9H16O4. The summed E-state index contributed by atoms with van der Waals surface area (Å²) < 4.78 is 0. The molecule has 0 atom stereocenters. The zero-order valence-electron chi connectivity index (χ0n) is 8.17. The van der Waals surface area contributed by atoms with E-state index in [1.807, 2.05) is 0 Å². The summed E-state index contributed by atoms with van der Waals surface area (Å²) in [6.07, 6.45) is 5.14. The third-order valence-electron chi connectivity index (χ3n) is 2.40. The minimum Gasteiger partial charge on any atom is -0.195 e. The second-order valence-electron chi connectivity index (χ2n) is 4.20. The Balaban J connectivity index is 1.95. The summed E-state index contributed by atoms with van der Waals surface area (Å²) in [6.45, 7) is 3.51. The predicted molar refractivity (Wildman–Crippen MR) is 44.2 cm³/mol. The molecule has 1 saturated heterocycles. The molecule has 4 nitrogen and oxygen atoms in total. The van der Waals surface area contributed by atoms with Gasteiger partial charge in [-0.1, -0.05) is 6.42 Å². The summed E-state index contributed by atoms with van der Waals surface area (Å²) in [5, 5.41) is 0. The molecule has 0 aromatic carbocycles. The van der Waals surface area contributed by atoms with E-state index in [1.165, 1.54) is 6.42 Å². The third-order valence-corrected chi connectivity index (χ3v) is 2.40. The zero-order chi connectivity index (χ0) is 9.36. The maximum Gasteiger partial charge on any atom is 0.234 e. The van der Waals surface area contributed by atoms with Gasteiger partial charge in [-0.2, -0.15) is 19.6 Å². The molecule has 2 fully saturated rings.